The third-order valence-electron chi connectivity index (χ3n) is 4.52. The highest BCUT2D eigenvalue weighted by atomic mass is 32.2. The second-order valence-electron chi connectivity index (χ2n) is 6.41. The van der Waals surface area contributed by atoms with Crippen LogP contribution in [-0.2, 0) is 16.4 Å². The summed E-state index contributed by atoms with van der Waals surface area (Å²) in [5, 5.41) is 3.10. The Morgan fingerprint density at radius 3 is 2.83 bits per heavy atom. The molecule has 2 unspecified atom stereocenters. The average Bonchev–Trinajstić information content (AvgIpc) is 2.89. The molecule has 2 aliphatic rings. The molecule has 1 heterocycles. The number of carbonyl (C=O) groups is 1. The van der Waals surface area contributed by atoms with Crippen LogP contribution in [0, 0.1) is 0 Å². The molecule has 2 N–H and O–H groups in total. The van der Waals surface area contributed by atoms with Crippen molar-refractivity contribution >= 4 is 16.1 Å². The lowest BCUT2D eigenvalue weighted by atomic mass is 10.1. The number of carbonyl (C=O) groups excluding carboxylic acids is 1. The van der Waals surface area contributed by atoms with Gasteiger partial charge in [-0.2, -0.15) is 0 Å². The van der Waals surface area contributed by atoms with Gasteiger partial charge in [0.05, 0.1) is 12.3 Å². The highest BCUT2D eigenvalue weighted by Crippen LogP contribution is 2.30. The normalized spacial score (nSPS) is 24.3. The molecule has 0 spiro atoms. The van der Waals surface area contributed by atoms with Crippen molar-refractivity contribution in [2.75, 3.05) is 19.3 Å². The lowest BCUT2D eigenvalue weighted by Gasteiger charge is -2.33. The Kier molecular flexibility index (Phi) is 4.59. The van der Waals surface area contributed by atoms with Gasteiger partial charge >= 0.3 is 6.03 Å². The number of nitrogens with one attached hydrogen (secondary N) is 2. The number of sulfonamides is 1. The maximum atomic E-state index is 12.5. The smallest absolute Gasteiger partial charge is 0.317 e. The van der Waals surface area contributed by atoms with E-state index >= 15 is 0 Å². The van der Waals surface area contributed by atoms with Crippen LogP contribution < -0.4 is 10.0 Å². The predicted molar refractivity (Wildman–Crippen MR) is 88.6 cm³/mol. The van der Waals surface area contributed by atoms with E-state index in [1.54, 1.807) is 4.90 Å². The van der Waals surface area contributed by atoms with Crippen molar-refractivity contribution < 1.29 is 13.2 Å². The zero-order valence-electron chi connectivity index (χ0n) is 13.3. The number of urea groups is 1. The SMILES string of the molecule is CS(=O)(=O)NC1CCCN(C(=O)NC2CCc3ccccc32)C1. The maximum absolute atomic E-state index is 12.5. The fourth-order valence-corrected chi connectivity index (χ4v) is 4.31. The molecule has 0 radical (unpaired) electrons. The topological polar surface area (TPSA) is 78.5 Å². The van der Waals surface area contributed by atoms with E-state index < -0.39 is 10.0 Å². The number of likely N-dealkylation sites (tertiary alicyclic amines) is 1. The van der Waals surface area contributed by atoms with E-state index in [-0.39, 0.29) is 18.1 Å². The van der Waals surface area contributed by atoms with Gasteiger partial charge in [-0.3, -0.25) is 0 Å². The molecule has 1 saturated heterocycles. The van der Waals surface area contributed by atoms with Crippen LogP contribution in [0.3, 0.4) is 0 Å². The number of piperidine rings is 1. The van der Waals surface area contributed by atoms with Crippen LogP contribution in [0.1, 0.15) is 36.4 Å². The lowest BCUT2D eigenvalue weighted by molar-refractivity contribution is 0.173. The standard InChI is InChI=1S/C16H23N3O3S/c1-23(21,22)18-13-6-4-10-19(11-13)16(20)17-15-9-8-12-5-2-3-7-14(12)15/h2-3,5,7,13,15,18H,4,6,8-11H2,1H3,(H,17,20). The quantitative estimate of drug-likeness (QED) is 0.875. The van der Waals surface area contributed by atoms with Crippen molar-refractivity contribution in [3.63, 3.8) is 0 Å². The molecule has 6 nitrogen and oxygen atoms in total. The summed E-state index contributed by atoms with van der Waals surface area (Å²) in [6, 6.07) is 7.95. The van der Waals surface area contributed by atoms with Gasteiger partial charge < -0.3 is 10.2 Å². The largest absolute Gasteiger partial charge is 0.331 e. The summed E-state index contributed by atoms with van der Waals surface area (Å²) in [7, 11) is -3.24. The van der Waals surface area contributed by atoms with Crippen molar-refractivity contribution in [2.45, 2.75) is 37.8 Å². The van der Waals surface area contributed by atoms with Crippen molar-refractivity contribution in [3.8, 4) is 0 Å². The van der Waals surface area contributed by atoms with Gasteiger partial charge in [-0.15, -0.1) is 0 Å². The van der Waals surface area contributed by atoms with Crippen LogP contribution in [-0.4, -0.2) is 44.7 Å². The van der Waals surface area contributed by atoms with E-state index in [0.29, 0.717) is 13.1 Å². The van der Waals surface area contributed by atoms with E-state index in [2.05, 4.69) is 22.2 Å². The Morgan fingerprint density at radius 1 is 1.26 bits per heavy atom. The molecule has 0 saturated carbocycles. The van der Waals surface area contributed by atoms with E-state index in [4.69, 9.17) is 0 Å². The van der Waals surface area contributed by atoms with Gasteiger partial charge in [0.1, 0.15) is 0 Å². The summed E-state index contributed by atoms with van der Waals surface area (Å²) in [5.41, 5.74) is 2.50. The van der Waals surface area contributed by atoms with Crippen LogP contribution in [0.4, 0.5) is 4.79 Å². The molecule has 0 bridgehead atoms. The Hall–Kier alpha value is -1.60. The van der Waals surface area contributed by atoms with E-state index in [0.717, 1.165) is 31.9 Å². The maximum Gasteiger partial charge on any atom is 0.317 e. The first-order valence-corrected chi connectivity index (χ1v) is 9.92. The molecule has 2 atom stereocenters. The second-order valence-corrected chi connectivity index (χ2v) is 8.19. The molecule has 3 rings (SSSR count). The van der Waals surface area contributed by atoms with E-state index in [1.165, 1.54) is 11.1 Å². The minimum absolute atomic E-state index is 0.0574. The van der Waals surface area contributed by atoms with Gasteiger partial charge in [-0.1, -0.05) is 24.3 Å². The monoisotopic (exact) mass is 337 g/mol. The first kappa shape index (κ1) is 16.3. The first-order valence-electron chi connectivity index (χ1n) is 8.03. The Balaban J connectivity index is 1.60. The second kappa shape index (κ2) is 6.49. The molecule has 23 heavy (non-hydrogen) atoms. The number of aryl methyl sites for hydroxylation is 1. The summed E-state index contributed by atoms with van der Waals surface area (Å²) >= 11 is 0. The highest BCUT2D eigenvalue weighted by Gasteiger charge is 2.29. The van der Waals surface area contributed by atoms with Gasteiger partial charge in [0.2, 0.25) is 10.0 Å². The fourth-order valence-electron chi connectivity index (χ4n) is 3.51. The molecule has 1 aliphatic carbocycles. The zero-order valence-corrected chi connectivity index (χ0v) is 14.1. The number of fused-ring (bicyclic) bond motifs is 1. The molecule has 1 aromatic carbocycles. The summed E-state index contributed by atoms with van der Waals surface area (Å²) in [5.74, 6) is 0. The molecule has 2 amide bonds. The average molecular weight is 337 g/mol. The Labute approximate surface area is 137 Å². The molecule has 0 aromatic heterocycles. The van der Waals surface area contributed by atoms with Crippen LogP contribution in [0.2, 0.25) is 0 Å². The number of rotatable bonds is 3. The summed E-state index contributed by atoms with van der Waals surface area (Å²) < 4.78 is 25.3. The van der Waals surface area contributed by atoms with Gasteiger partial charge in [0, 0.05) is 19.1 Å². The number of amides is 2. The number of hydrogen-bond donors (Lipinski definition) is 2. The predicted octanol–water partition coefficient (Wildman–Crippen LogP) is 1.40. The molecule has 7 heteroatoms. The van der Waals surface area contributed by atoms with Crippen molar-refractivity contribution in [1.82, 2.24) is 14.9 Å². The highest BCUT2D eigenvalue weighted by molar-refractivity contribution is 7.88. The number of hydrogen-bond acceptors (Lipinski definition) is 3. The molecular weight excluding hydrogens is 314 g/mol. The minimum Gasteiger partial charge on any atom is -0.331 e. The van der Waals surface area contributed by atoms with Crippen molar-refractivity contribution in [2.24, 2.45) is 0 Å². The molecule has 1 fully saturated rings. The summed E-state index contributed by atoms with van der Waals surface area (Å²) in [4.78, 5) is 14.2. The first-order chi connectivity index (χ1) is 10.9. The van der Waals surface area contributed by atoms with Crippen LogP contribution in [0.15, 0.2) is 24.3 Å². The third kappa shape index (κ3) is 4.03. The van der Waals surface area contributed by atoms with Crippen LogP contribution >= 0.6 is 0 Å². The van der Waals surface area contributed by atoms with Gasteiger partial charge in [-0.05, 0) is 36.8 Å². The van der Waals surface area contributed by atoms with Gasteiger partial charge in [0.25, 0.3) is 0 Å². The fraction of sp³-hybridized carbons (Fsp3) is 0.562. The molecule has 1 aromatic rings. The Bertz CT molecular complexity index is 690. The van der Waals surface area contributed by atoms with Gasteiger partial charge in [0.15, 0.2) is 0 Å². The van der Waals surface area contributed by atoms with Crippen LogP contribution in [0.25, 0.3) is 0 Å². The minimum atomic E-state index is -3.24. The van der Waals surface area contributed by atoms with Gasteiger partial charge in [-0.25, -0.2) is 17.9 Å². The summed E-state index contributed by atoms with van der Waals surface area (Å²) in [6.45, 7) is 1.09. The Morgan fingerprint density at radius 2 is 2.04 bits per heavy atom. The van der Waals surface area contributed by atoms with E-state index in [9.17, 15) is 13.2 Å². The van der Waals surface area contributed by atoms with Crippen molar-refractivity contribution in [3.05, 3.63) is 35.4 Å². The molecular formula is C16H23N3O3S. The lowest BCUT2D eigenvalue weighted by Crippen LogP contribution is -2.52. The summed E-state index contributed by atoms with van der Waals surface area (Å²) in [6.07, 6.45) is 4.63. The third-order valence-corrected chi connectivity index (χ3v) is 5.28. The number of benzene rings is 1. The number of nitrogens with zero attached hydrogens (tertiary/aromatic N) is 1. The molecule has 1 aliphatic heterocycles. The van der Waals surface area contributed by atoms with Crippen molar-refractivity contribution in [1.29, 1.82) is 0 Å². The molecule has 126 valence electrons. The van der Waals surface area contributed by atoms with E-state index in [1.807, 2.05) is 12.1 Å². The van der Waals surface area contributed by atoms with Crippen LogP contribution in [0.5, 0.6) is 0 Å². The zero-order chi connectivity index (χ0) is 16.4.